The van der Waals surface area contributed by atoms with Crippen LogP contribution in [0.25, 0.3) is 16.9 Å². The fraction of sp³-hybridized carbons (Fsp3) is 0.100. The smallest absolute Gasteiger partial charge is 0.323 e. The number of pyridine rings is 1. The van der Waals surface area contributed by atoms with Crippen LogP contribution in [0, 0.1) is 0 Å². The second-order valence-electron chi connectivity index (χ2n) is 6.62. The first-order valence-corrected chi connectivity index (χ1v) is 10.6. The number of hydrogen-bond acceptors (Lipinski definition) is 5. The second kappa shape index (κ2) is 7.13. The molecule has 4 aromatic rings. The lowest BCUT2D eigenvalue weighted by atomic mass is 10.1. The number of nitrogens with zero attached hydrogens (tertiary/aromatic N) is 3. The molecule has 2 heterocycles. The molecular formula is C20H15F3N4O2S. The zero-order valence-electron chi connectivity index (χ0n) is 15.6. The van der Waals surface area contributed by atoms with E-state index in [0.29, 0.717) is 22.6 Å². The van der Waals surface area contributed by atoms with Crippen LogP contribution in [0.1, 0.15) is 5.56 Å². The Morgan fingerprint density at radius 2 is 1.67 bits per heavy atom. The van der Waals surface area contributed by atoms with Crippen molar-refractivity contribution >= 4 is 27.1 Å². The van der Waals surface area contributed by atoms with Crippen molar-refractivity contribution in [1.82, 2.24) is 14.6 Å². The molecule has 30 heavy (non-hydrogen) atoms. The molecule has 4 rings (SSSR count). The summed E-state index contributed by atoms with van der Waals surface area (Å²) < 4.78 is 63.4. The van der Waals surface area contributed by atoms with E-state index in [2.05, 4.69) is 15.4 Å². The largest absolute Gasteiger partial charge is 0.416 e. The number of nitrogens with one attached hydrogen (secondary N) is 1. The van der Waals surface area contributed by atoms with E-state index in [1.807, 2.05) is 0 Å². The molecule has 2 aromatic heterocycles. The molecular weight excluding hydrogens is 417 g/mol. The molecule has 0 fully saturated rings. The Hall–Kier alpha value is -3.40. The molecule has 0 atom stereocenters. The van der Waals surface area contributed by atoms with Gasteiger partial charge in [-0.2, -0.15) is 18.2 Å². The third-order valence-corrected chi connectivity index (χ3v) is 5.50. The standard InChI is InChI=1S/C20H15F3N4O2S/c1-30(28,29)16-5-2-4-13(12-16)17-6-3-7-18-25-19(26-27(17)18)24-15-10-8-14(9-11-15)20(21,22)23/h2-12H,1H3,(H,24,26). The first-order chi connectivity index (χ1) is 14.1. The summed E-state index contributed by atoms with van der Waals surface area (Å²) in [5.41, 5.74) is 1.40. The third kappa shape index (κ3) is 3.99. The van der Waals surface area contributed by atoms with Gasteiger partial charge in [0, 0.05) is 17.5 Å². The normalized spacial score (nSPS) is 12.3. The van der Waals surface area contributed by atoms with Crippen LogP contribution in [0.2, 0.25) is 0 Å². The van der Waals surface area contributed by atoms with Crippen LogP contribution in [0.15, 0.2) is 71.6 Å². The van der Waals surface area contributed by atoms with E-state index in [1.54, 1.807) is 36.4 Å². The molecule has 0 saturated heterocycles. The van der Waals surface area contributed by atoms with Crippen LogP contribution < -0.4 is 5.32 Å². The van der Waals surface area contributed by atoms with Crippen LogP contribution in [0.4, 0.5) is 24.8 Å². The Bertz CT molecular complexity index is 1330. The third-order valence-electron chi connectivity index (χ3n) is 4.39. The zero-order chi connectivity index (χ0) is 21.5. The Morgan fingerprint density at radius 3 is 2.33 bits per heavy atom. The topological polar surface area (TPSA) is 76.4 Å². The van der Waals surface area contributed by atoms with E-state index >= 15 is 0 Å². The highest BCUT2D eigenvalue weighted by Crippen LogP contribution is 2.30. The molecule has 1 N–H and O–H groups in total. The number of benzene rings is 2. The minimum absolute atomic E-state index is 0.181. The number of rotatable bonds is 4. The average molecular weight is 432 g/mol. The van der Waals surface area contributed by atoms with Crippen molar-refractivity contribution in [3.8, 4) is 11.3 Å². The maximum Gasteiger partial charge on any atom is 0.416 e. The number of hydrogen-bond donors (Lipinski definition) is 1. The van der Waals surface area contributed by atoms with Gasteiger partial charge in [0.15, 0.2) is 15.5 Å². The van der Waals surface area contributed by atoms with Crippen molar-refractivity contribution in [3.63, 3.8) is 0 Å². The van der Waals surface area contributed by atoms with Crippen molar-refractivity contribution in [1.29, 1.82) is 0 Å². The van der Waals surface area contributed by atoms with Gasteiger partial charge in [0.25, 0.3) is 0 Å². The highest BCUT2D eigenvalue weighted by molar-refractivity contribution is 7.90. The summed E-state index contributed by atoms with van der Waals surface area (Å²) in [6.07, 6.45) is -3.27. The molecule has 0 aliphatic carbocycles. The summed E-state index contributed by atoms with van der Waals surface area (Å²) in [4.78, 5) is 4.52. The van der Waals surface area contributed by atoms with Crippen LogP contribution in [-0.2, 0) is 16.0 Å². The zero-order valence-corrected chi connectivity index (χ0v) is 16.4. The van der Waals surface area contributed by atoms with E-state index in [9.17, 15) is 21.6 Å². The fourth-order valence-corrected chi connectivity index (χ4v) is 3.60. The second-order valence-corrected chi connectivity index (χ2v) is 8.63. The highest BCUT2D eigenvalue weighted by Gasteiger charge is 2.30. The molecule has 2 aromatic carbocycles. The maximum absolute atomic E-state index is 12.7. The van der Waals surface area contributed by atoms with Crippen molar-refractivity contribution in [2.75, 3.05) is 11.6 Å². The van der Waals surface area contributed by atoms with Crippen LogP contribution in [0.3, 0.4) is 0 Å². The van der Waals surface area contributed by atoms with Gasteiger partial charge in [0.05, 0.1) is 16.2 Å². The summed E-state index contributed by atoms with van der Waals surface area (Å²) >= 11 is 0. The summed E-state index contributed by atoms with van der Waals surface area (Å²) in [6, 6.07) is 16.2. The lowest BCUT2D eigenvalue weighted by molar-refractivity contribution is -0.137. The lowest BCUT2D eigenvalue weighted by Crippen LogP contribution is -2.04. The van der Waals surface area contributed by atoms with Crippen molar-refractivity contribution < 1.29 is 21.6 Å². The van der Waals surface area contributed by atoms with Crippen molar-refractivity contribution in [3.05, 3.63) is 72.3 Å². The van der Waals surface area contributed by atoms with Gasteiger partial charge in [0.1, 0.15) is 0 Å². The van der Waals surface area contributed by atoms with E-state index < -0.39 is 21.6 Å². The number of alkyl halides is 3. The van der Waals surface area contributed by atoms with Gasteiger partial charge in [-0.25, -0.2) is 12.9 Å². The Balaban J connectivity index is 1.69. The minimum Gasteiger partial charge on any atom is -0.323 e. The monoisotopic (exact) mass is 432 g/mol. The summed E-state index contributed by atoms with van der Waals surface area (Å²) in [6.45, 7) is 0. The Morgan fingerprint density at radius 1 is 0.967 bits per heavy atom. The summed E-state index contributed by atoms with van der Waals surface area (Å²) in [5, 5.41) is 7.25. The molecule has 0 radical (unpaired) electrons. The highest BCUT2D eigenvalue weighted by atomic mass is 32.2. The van der Waals surface area contributed by atoms with Gasteiger partial charge < -0.3 is 5.32 Å². The number of aromatic nitrogens is 3. The molecule has 0 amide bonds. The predicted molar refractivity (Wildman–Crippen MR) is 106 cm³/mol. The number of anilines is 2. The molecule has 0 aliphatic heterocycles. The van der Waals surface area contributed by atoms with Crippen molar-refractivity contribution in [2.24, 2.45) is 0 Å². The van der Waals surface area contributed by atoms with Gasteiger partial charge >= 0.3 is 6.18 Å². The van der Waals surface area contributed by atoms with E-state index in [0.717, 1.165) is 18.4 Å². The molecule has 0 spiro atoms. The minimum atomic E-state index is -4.41. The van der Waals surface area contributed by atoms with Crippen LogP contribution in [-0.4, -0.2) is 29.3 Å². The van der Waals surface area contributed by atoms with Gasteiger partial charge in [-0.1, -0.05) is 18.2 Å². The molecule has 154 valence electrons. The molecule has 0 bridgehead atoms. The summed E-state index contributed by atoms with van der Waals surface area (Å²) in [5.74, 6) is 0.196. The van der Waals surface area contributed by atoms with Gasteiger partial charge in [-0.3, -0.25) is 0 Å². The first-order valence-electron chi connectivity index (χ1n) is 8.72. The van der Waals surface area contributed by atoms with Crippen molar-refractivity contribution in [2.45, 2.75) is 11.1 Å². The summed E-state index contributed by atoms with van der Waals surface area (Å²) in [7, 11) is -3.37. The van der Waals surface area contributed by atoms with Crippen LogP contribution in [0.5, 0.6) is 0 Å². The molecule has 0 unspecified atom stereocenters. The van der Waals surface area contributed by atoms with E-state index in [1.165, 1.54) is 22.7 Å². The molecule has 10 heteroatoms. The first kappa shape index (κ1) is 19.9. The fourth-order valence-electron chi connectivity index (χ4n) is 2.93. The predicted octanol–water partition coefficient (Wildman–Crippen LogP) is 4.56. The van der Waals surface area contributed by atoms with Gasteiger partial charge in [-0.15, -0.1) is 5.10 Å². The molecule has 0 aliphatic rings. The van der Waals surface area contributed by atoms with Crippen LogP contribution >= 0.6 is 0 Å². The van der Waals surface area contributed by atoms with E-state index in [4.69, 9.17) is 0 Å². The number of fused-ring (bicyclic) bond motifs is 1. The Labute approximate surface area is 169 Å². The average Bonchev–Trinajstić information content (AvgIpc) is 3.09. The quantitative estimate of drug-likeness (QED) is 0.512. The number of sulfone groups is 1. The van der Waals surface area contributed by atoms with E-state index in [-0.39, 0.29) is 10.8 Å². The van der Waals surface area contributed by atoms with Gasteiger partial charge in [0.2, 0.25) is 5.95 Å². The SMILES string of the molecule is CS(=O)(=O)c1cccc(-c2cccc3nc(Nc4ccc(C(F)(F)F)cc4)nn23)c1. The lowest BCUT2D eigenvalue weighted by Gasteiger charge is -2.07. The Kier molecular flexibility index (Phi) is 4.73. The van der Waals surface area contributed by atoms with Gasteiger partial charge in [-0.05, 0) is 48.5 Å². The maximum atomic E-state index is 12.7. The molecule has 6 nitrogen and oxygen atoms in total. The molecule has 0 saturated carbocycles. The number of halogens is 3.